The number of aryl methyl sites for hydroxylation is 1. The topological polar surface area (TPSA) is 99.9 Å². The summed E-state index contributed by atoms with van der Waals surface area (Å²) >= 11 is 0. The molecule has 4 heterocycles. The lowest BCUT2D eigenvalue weighted by Crippen LogP contribution is -2.38. The average Bonchev–Trinajstić information content (AvgIpc) is 3.19. The van der Waals surface area contributed by atoms with Gasteiger partial charge in [0.15, 0.2) is 5.69 Å². The van der Waals surface area contributed by atoms with Crippen LogP contribution >= 0.6 is 0 Å². The molecule has 2 N–H and O–H groups in total. The Bertz CT molecular complexity index is 883. The van der Waals surface area contributed by atoms with Gasteiger partial charge in [0.25, 0.3) is 0 Å². The van der Waals surface area contributed by atoms with E-state index in [2.05, 4.69) is 24.8 Å². The van der Waals surface area contributed by atoms with Crippen molar-refractivity contribution in [3.05, 3.63) is 36.3 Å². The number of carboxylic acids is 1. The number of rotatable bonds is 3. The number of anilines is 1. The number of aromatic amines is 1. The standard InChI is InChI=1S/C15H16N6O2/c1-20(14-10-2-4-16-13(10)17-8-18-14)9-3-5-21-7-11(15(22)23)19-12(21)6-9/h2,4,7-9H,3,5-6H2,1H3,(H,22,23)(H,16,17,18). The van der Waals surface area contributed by atoms with Crippen molar-refractivity contribution >= 4 is 22.8 Å². The number of aromatic nitrogens is 5. The first-order chi connectivity index (χ1) is 11.1. The second-order valence-electron chi connectivity index (χ2n) is 5.74. The zero-order valence-electron chi connectivity index (χ0n) is 12.6. The Morgan fingerprint density at radius 1 is 1.48 bits per heavy atom. The smallest absolute Gasteiger partial charge is 0.356 e. The molecule has 3 aromatic heterocycles. The van der Waals surface area contributed by atoms with Gasteiger partial charge in [0.2, 0.25) is 0 Å². The van der Waals surface area contributed by atoms with Crippen molar-refractivity contribution in [3.63, 3.8) is 0 Å². The van der Waals surface area contributed by atoms with Crippen LogP contribution in [0.5, 0.6) is 0 Å². The number of imidazole rings is 1. The van der Waals surface area contributed by atoms with Crippen molar-refractivity contribution in [3.8, 4) is 0 Å². The molecule has 8 heteroatoms. The first-order valence-electron chi connectivity index (χ1n) is 7.44. The van der Waals surface area contributed by atoms with E-state index in [0.29, 0.717) is 6.42 Å². The number of aromatic carboxylic acids is 1. The van der Waals surface area contributed by atoms with E-state index in [1.54, 1.807) is 12.5 Å². The van der Waals surface area contributed by atoms with Crippen molar-refractivity contribution in [2.75, 3.05) is 11.9 Å². The highest BCUT2D eigenvalue weighted by molar-refractivity contribution is 5.87. The normalized spacial score (nSPS) is 17.2. The van der Waals surface area contributed by atoms with Gasteiger partial charge in [-0.05, 0) is 12.5 Å². The van der Waals surface area contributed by atoms with Crippen LogP contribution in [-0.2, 0) is 13.0 Å². The molecule has 0 saturated carbocycles. The molecule has 0 fully saturated rings. The highest BCUT2D eigenvalue weighted by Crippen LogP contribution is 2.27. The number of nitrogens with zero attached hydrogens (tertiary/aromatic N) is 5. The molecule has 4 rings (SSSR count). The highest BCUT2D eigenvalue weighted by atomic mass is 16.4. The number of nitrogens with one attached hydrogen (secondary N) is 1. The fourth-order valence-corrected chi connectivity index (χ4v) is 3.16. The maximum absolute atomic E-state index is 11.1. The van der Waals surface area contributed by atoms with E-state index < -0.39 is 5.97 Å². The Hall–Kier alpha value is -2.90. The van der Waals surface area contributed by atoms with Crippen LogP contribution in [0.4, 0.5) is 5.82 Å². The summed E-state index contributed by atoms with van der Waals surface area (Å²) in [5.74, 6) is 0.700. The minimum Gasteiger partial charge on any atom is -0.476 e. The third-order valence-corrected chi connectivity index (χ3v) is 4.41. The largest absolute Gasteiger partial charge is 0.476 e. The summed E-state index contributed by atoms with van der Waals surface area (Å²) in [6, 6.07) is 2.19. The molecule has 1 aliphatic rings. The SMILES string of the molecule is CN(c1ncnc2[nH]ccc12)C1CCn2cc(C(=O)O)nc2C1. The van der Waals surface area contributed by atoms with Gasteiger partial charge in [0, 0.05) is 38.4 Å². The van der Waals surface area contributed by atoms with Gasteiger partial charge < -0.3 is 19.6 Å². The Balaban J connectivity index is 1.63. The number of H-pyrrole nitrogens is 1. The van der Waals surface area contributed by atoms with Crippen LogP contribution in [0.15, 0.2) is 24.8 Å². The number of fused-ring (bicyclic) bond motifs is 2. The summed E-state index contributed by atoms with van der Waals surface area (Å²) in [5.41, 5.74) is 0.922. The lowest BCUT2D eigenvalue weighted by atomic mass is 10.0. The molecule has 0 spiro atoms. The van der Waals surface area contributed by atoms with Crippen molar-refractivity contribution < 1.29 is 9.90 Å². The summed E-state index contributed by atoms with van der Waals surface area (Å²) in [7, 11) is 2.01. The van der Waals surface area contributed by atoms with E-state index >= 15 is 0 Å². The summed E-state index contributed by atoms with van der Waals surface area (Å²) < 4.78 is 1.93. The fourth-order valence-electron chi connectivity index (χ4n) is 3.16. The molecule has 1 unspecified atom stereocenters. The summed E-state index contributed by atoms with van der Waals surface area (Å²) in [5, 5.41) is 10.1. The third-order valence-electron chi connectivity index (χ3n) is 4.41. The minimum atomic E-state index is -0.985. The number of carbonyl (C=O) groups is 1. The van der Waals surface area contributed by atoms with Gasteiger partial charge in [0.05, 0.1) is 5.39 Å². The minimum absolute atomic E-state index is 0.110. The Morgan fingerprint density at radius 3 is 3.17 bits per heavy atom. The number of likely N-dealkylation sites (N-methyl/N-ethyl adjacent to an activating group) is 1. The molecule has 23 heavy (non-hydrogen) atoms. The van der Waals surface area contributed by atoms with Gasteiger partial charge in [-0.25, -0.2) is 19.7 Å². The quantitative estimate of drug-likeness (QED) is 0.756. The second-order valence-corrected chi connectivity index (χ2v) is 5.74. The third kappa shape index (κ3) is 2.23. The zero-order valence-corrected chi connectivity index (χ0v) is 12.6. The number of hydrogen-bond donors (Lipinski definition) is 2. The molecular formula is C15H16N6O2. The van der Waals surface area contributed by atoms with Crippen LogP contribution in [0.3, 0.4) is 0 Å². The monoisotopic (exact) mass is 312 g/mol. The van der Waals surface area contributed by atoms with Crippen LogP contribution in [0, 0.1) is 0 Å². The van der Waals surface area contributed by atoms with E-state index in [4.69, 9.17) is 5.11 Å². The van der Waals surface area contributed by atoms with Gasteiger partial charge in [-0.15, -0.1) is 0 Å². The average molecular weight is 312 g/mol. The number of hydrogen-bond acceptors (Lipinski definition) is 5. The van der Waals surface area contributed by atoms with Gasteiger partial charge >= 0.3 is 5.97 Å². The van der Waals surface area contributed by atoms with Crippen molar-refractivity contribution in [2.24, 2.45) is 0 Å². The molecule has 8 nitrogen and oxygen atoms in total. The predicted octanol–water partition coefficient (Wildman–Crippen LogP) is 1.30. The molecule has 0 aliphatic carbocycles. The van der Waals surface area contributed by atoms with Crippen LogP contribution in [0.2, 0.25) is 0 Å². The molecule has 1 atom stereocenters. The van der Waals surface area contributed by atoms with Gasteiger partial charge in [0.1, 0.15) is 23.6 Å². The predicted molar refractivity (Wildman–Crippen MR) is 83.6 cm³/mol. The first-order valence-corrected chi connectivity index (χ1v) is 7.44. The molecule has 0 bridgehead atoms. The molecule has 0 aromatic carbocycles. The fraction of sp³-hybridized carbons (Fsp3) is 0.333. The van der Waals surface area contributed by atoms with Crippen molar-refractivity contribution in [1.29, 1.82) is 0 Å². The second kappa shape index (κ2) is 5.08. The van der Waals surface area contributed by atoms with Crippen LogP contribution < -0.4 is 4.90 Å². The Labute approximate surface area is 131 Å². The van der Waals surface area contributed by atoms with Crippen LogP contribution in [-0.4, -0.2) is 48.7 Å². The van der Waals surface area contributed by atoms with Gasteiger partial charge in [-0.2, -0.15) is 0 Å². The van der Waals surface area contributed by atoms with Crippen molar-refractivity contribution in [2.45, 2.75) is 25.4 Å². The van der Waals surface area contributed by atoms with E-state index in [1.165, 1.54) is 0 Å². The van der Waals surface area contributed by atoms with Gasteiger partial charge in [-0.3, -0.25) is 0 Å². The van der Waals surface area contributed by atoms with E-state index in [9.17, 15) is 4.79 Å². The summed E-state index contributed by atoms with van der Waals surface area (Å²) in [6.45, 7) is 0.756. The van der Waals surface area contributed by atoms with Crippen molar-refractivity contribution in [1.82, 2.24) is 24.5 Å². The molecule has 118 valence electrons. The number of carboxylic acid groups (broad SMARTS) is 1. The molecule has 0 radical (unpaired) electrons. The lowest BCUT2D eigenvalue weighted by molar-refractivity contribution is 0.0691. The maximum atomic E-state index is 11.1. The van der Waals surface area contributed by atoms with E-state index in [1.807, 2.05) is 23.9 Å². The Kier molecular flexibility index (Phi) is 3.03. The molecule has 0 amide bonds. The van der Waals surface area contributed by atoms with Gasteiger partial charge in [-0.1, -0.05) is 0 Å². The van der Waals surface area contributed by atoms with E-state index in [-0.39, 0.29) is 11.7 Å². The molecule has 0 saturated heterocycles. The molecular weight excluding hydrogens is 296 g/mol. The molecule has 3 aromatic rings. The zero-order chi connectivity index (χ0) is 16.0. The van der Waals surface area contributed by atoms with Crippen LogP contribution in [0.25, 0.3) is 11.0 Å². The molecule has 1 aliphatic heterocycles. The maximum Gasteiger partial charge on any atom is 0.356 e. The highest BCUT2D eigenvalue weighted by Gasteiger charge is 2.26. The van der Waals surface area contributed by atoms with Crippen LogP contribution in [0.1, 0.15) is 22.7 Å². The first kappa shape index (κ1) is 13.7. The Morgan fingerprint density at radius 2 is 2.35 bits per heavy atom. The summed E-state index contributed by atoms with van der Waals surface area (Å²) in [4.78, 5) is 29.1. The lowest BCUT2D eigenvalue weighted by Gasteiger charge is -2.32. The van der Waals surface area contributed by atoms with E-state index in [0.717, 1.165) is 35.6 Å². The summed E-state index contributed by atoms with van der Waals surface area (Å²) in [6.07, 6.45) is 6.62.